The van der Waals surface area contributed by atoms with Gasteiger partial charge in [0.15, 0.2) is 11.5 Å². The molecule has 28 heavy (non-hydrogen) atoms. The maximum Gasteiger partial charge on any atom is 0.220 e. The normalized spacial score (nSPS) is 10.4. The van der Waals surface area contributed by atoms with Crippen LogP contribution in [0.2, 0.25) is 0 Å². The monoisotopic (exact) mass is 392 g/mol. The highest BCUT2D eigenvalue weighted by atomic mass is 16.5. The molecule has 0 saturated heterocycles. The summed E-state index contributed by atoms with van der Waals surface area (Å²) in [7, 11) is 3.21. The van der Waals surface area contributed by atoms with Gasteiger partial charge in [-0.2, -0.15) is 0 Å². The number of rotatable bonds is 15. The molecule has 0 aliphatic heterocycles. The van der Waals surface area contributed by atoms with Crippen LogP contribution < -0.4 is 20.1 Å². The quantitative estimate of drug-likeness (QED) is 0.443. The van der Waals surface area contributed by atoms with Crippen LogP contribution in [0.15, 0.2) is 18.2 Å². The van der Waals surface area contributed by atoms with Gasteiger partial charge in [0.2, 0.25) is 11.8 Å². The molecule has 1 aromatic rings. The lowest BCUT2D eigenvalue weighted by Gasteiger charge is -2.12. The molecule has 0 aromatic heterocycles. The van der Waals surface area contributed by atoms with E-state index in [0.29, 0.717) is 43.9 Å². The minimum absolute atomic E-state index is 0.00242. The van der Waals surface area contributed by atoms with Gasteiger partial charge in [0.1, 0.15) is 0 Å². The topological polar surface area (TPSA) is 76.7 Å². The fourth-order valence-corrected chi connectivity index (χ4v) is 2.84. The Balaban J connectivity index is 2.34. The summed E-state index contributed by atoms with van der Waals surface area (Å²) in [6.45, 7) is 3.12. The summed E-state index contributed by atoms with van der Waals surface area (Å²) in [5.74, 6) is 1.36. The lowest BCUT2D eigenvalue weighted by molar-refractivity contribution is -0.122. The predicted octanol–water partition coefficient (Wildman–Crippen LogP) is 3.97. The van der Waals surface area contributed by atoms with Crippen molar-refractivity contribution in [3.05, 3.63) is 23.8 Å². The number of nitrogens with one attached hydrogen (secondary N) is 2. The van der Waals surface area contributed by atoms with Gasteiger partial charge in [0.25, 0.3) is 0 Å². The number of hydrogen-bond donors (Lipinski definition) is 2. The van der Waals surface area contributed by atoms with Gasteiger partial charge >= 0.3 is 0 Å². The van der Waals surface area contributed by atoms with Crippen molar-refractivity contribution in [2.75, 3.05) is 20.8 Å². The number of hydrogen-bond acceptors (Lipinski definition) is 4. The molecule has 0 saturated carbocycles. The summed E-state index contributed by atoms with van der Waals surface area (Å²) in [6, 6.07) is 5.63. The standard InChI is InChI=1S/C22H36N2O4/c1-4-5-6-7-8-9-11-22(26)24-17-18-13-14-19(20(16-18)27-3)28-15-10-12-21(25)23-2/h13-14,16H,4-12,15,17H2,1-3H3,(H,23,25)(H,24,26). The third-order valence-electron chi connectivity index (χ3n) is 4.56. The summed E-state index contributed by atoms with van der Waals surface area (Å²) in [4.78, 5) is 23.2. The first kappa shape index (κ1) is 23.8. The Bertz CT molecular complexity index is 590. The van der Waals surface area contributed by atoms with Gasteiger partial charge < -0.3 is 20.1 Å². The Morgan fingerprint density at radius 3 is 2.36 bits per heavy atom. The average molecular weight is 393 g/mol. The van der Waals surface area contributed by atoms with Gasteiger partial charge in [-0.25, -0.2) is 0 Å². The molecule has 0 heterocycles. The molecule has 6 heteroatoms. The maximum atomic E-state index is 12.0. The molecule has 2 N–H and O–H groups in total. The van der Waals surface area contributed by atoms with E-state index in [0.717, 1.165) is 18.4 Å². The smallest absolute Gasteiger partial charge is 0.220 e. The largest absolute Gasteiger partial charge is 0.493 e. The second-order valence-electron chi connectivity index (χ2n) is 6.90. The molecule has 0 fully saturated rings. The number of ether oxygens (including phenoxy) is 2. The first-order valence-corrected chi connectivity index (χ1v) is 10.4. The zero-order valence-corrected chi connectivity index (χ0v) is 17.6. The van der Waals surface area contributed by atoms with Gasteiger partial charge in [-0.05, 0) is 30.5 Å². The molecular formula is C22H36N2O4. The number of benzene rings is 1. The van der Waals surface area contributed by atoms with E-state index in [1.54, 1.807) is 14.2 Å². The van der Waals surface area contributed by atoms with Crippen LogP contribution in [0.1, 0.15) is 70.3 Å². The van der Waals surface area contributed by atoms with Crippen molar-refractivity contribution in [1.29, 1.82) is 0 Å². The fraction of sp³-hybridized carbons (Fsp3) is 0.636. The lowest BCUT2D eigenvalue weighted by atomic mass is 10.1. The Kier molecular flexibility index (Phi) is 12.6. The van der Waals surface area contributed by atoms with Gasteiger partial charge in [-0.3, -0.25) is 9.59 Å². The lowest BCUT2D eigenvalue weighted by Crippen LogP contribution is -2.22. The summed E-state index contributed by atoms with van der Waals surface area (Å²) < 4.78 is 11.1. The van der Waals surface area contributed by atoms with E-state index in [9.17, 15) is 9.59 Å². The van der Waals surface area contributed by atoms with Gasteiger partial charge in [-0.1, -0.05) is 45.1 Å². The van der Waals surface area contributed by atoms with Crippen LogP contribution >= 0.6 is 0 Å². The van der Waals surface area contributed by atoms with Crippen LogP contribution in [0.4, 0.5) is 0 Å². The fourth-order valence-electron chi connectivity index (χ4n) is 2.84. The highest BCUT2D eigenvalue weighted by Crippen LogP contribution is 2.28. The van der Waals surface area contributed by atoms with Crippen LogP contribution in [-0.4, -0.2) is 32.6 Å². The Labute approximate surface area is 169 Å². The summed E-state index contributed by atoms with van der Waals surface area (Å²) in [5, 5.41) is 5.55. The number of carbonyl (C=O) groups excluding carboxylic acids is 2. The van der Waals surface area contributed by atoms with Crippen molar-refractivity contribution in [3.8, 4) is 11.5 Å². The van der Waals surface area contributed by atoms with Crippen LogP contribution in [0, 0.1) is 0 Å². The average Bonchev–Trinajstić information content (AvgIpc) is 2.72. The van der Waals surface area contributed by atoms with E-state index in [4.69, 9.17) is 9.47 Å². The van der Waals surface area contributed by atoms with Gasteiger partial charge in [-0.15, -0.1) is 0 Å². The second kappa shape index (κ2) is 14.8. The minimum atomic E-state index is 0.00242. The number of methoxy groups -OCH3 is 1. The van der Waals surface area contributed by atoms with E-state index < -0.39 is 0 Å². The SMILES string of the molecule is CCCCCCCCC(=O)NCc1ccc(OCCCC(=O)NC)c(OC)c1. The van der Waals surface area contributed by atoms with E-state index >= 15 is 0 Å². The molecule has 2 amide bonds. The van der Waals surface area contributed by atoms with E-state index in [1.807, 2.05) is 18.2 Å². The molecule has 158 valence electrons. The Hall–Kier alpha value is -2.24. The van der Waals surface area contributed by atoms with Crippen LogP contribution in [0.5, 0.6) is 11.5 Å². The van der Waals surface area contributed by atoms with E-state index in [1.165, 1.54) is 25.7 Å². The van der Waals surface area contributed by atoms with Crippen LogP contribution in [0.25, 0.3) is 0 Å². The zero-order chi connectivity index (χ0) is 20.6. The molecule has 6 nitrogen and oxygen atoms in total. The first-order valence-electron chi connectivity index (χ1n) is 10.4. The molecule has 0 aliphatic carbocycles. The molecule has 0 bridgehead atoms. The van der Waals surface area contributed by atoms with Crippen molar-refractivity contribution in [3.63, 3.8) is 0 Å². The van der Waals surface area contributed by atoms with Gasteiger partial charge in [0, 0.05) is 26.4 Å². The van der Waals surface area contributed by atoms with E-state index in [-0.39, 0.29) is 11.8 Å². The summed E-state index contributed by atoms with van der Waals surface area (Å²) >= 11 is 0. The van der Waals surface area contributed by atoms with Crippen molar-refractivity contribution >= 4 is 11.8 Å². The molecule has 1 rings (SSSR count). The third-order valence-corrected chi connectivity index (χ3v) is 4.56. The van der Waals surface area contributed by atoms with Crippen molar-refractivity contribution in [2.45, 2.75) is 71.3 Å². The van der Waals surface area contributed by atoms with Crippen molar-refractivity contribution < 1.29 is 19.1 Å². The Morgan fingerprint density at radius 1 is 0.929 bits per heavy atom. The second-order valence-corrected chi connectivity index (χ2v) is 6.90. The molecule has 0 radical (unpaired) electrons. The van der Waals surface area contributed by atoms with Crippen molar-refractivity contribution in [2.24, 2.45) is 0 Å². The molecule has 0 unspecified atom stereocenters. The van der Waals surface area contributed by atoms with Crippen LogP contribution in [-0.2, 0) is 16.1 Å². The van der Waals surface area contributed by atoms with Crippen molar-refractivity contribution in [1.82, 2.24) is 10.6 Å². The first-order chi connectivity index (χ1) is 13.6. The van der Waals surface area contributed by atoms with E-state index in [2.05, 4.69) is 17.6 Å². The number of carbonyl (C=O) groups is 2. The maximum absolute atomic E-state index is 12.0. The molecule has 0 aliphatic rings. The molecule has 0 spiro atoms. The highest BCUT2D eigenvalue weighted by molar-refractivity contribution is 5.76. The summed E-state index contributed by atoms with van der Waals surface area (Å²) in [6.07, 6.45) is 8.71. The minimum Gasteiger partial charge on any atom is -0.493 e. The predicted molar refractivity (Wildman–Crippen MR) is 112 cm³/mol. The molecular weight excluding hydrogens is 356 g/mol. The highest BCUT2D eigenvalue weighted by Gasteiger charge is 2.08. The van der Waals surface area contributed by atoms with Crippen LogP contribution in [0.3, 0.4) is 0 Å². The number of unbranched alkanes of at least 4 members (excludes halogenated alkanes) is 5. The zero-order valence-electron chi connectivity index (χ0n) is 17.6. The summed E-state index contributed by atoms with van der Waals surface area (Å²) in [5.41, 5.74) is 0.964. The Morgan fingerprint density at radius 2 is 1.64 bits per heavy atom. The van der Waals surface area contributed by atoms with Gasteiger partial charge in [0.05, 0.1) is 13.7 Å². The third kappa shape index (κ3) is 10.2. The molecule has 1 aromatic carbocycles. The molecule has 0 atom stereocenters. The number of amides is 2.